The molecule has 0 radical (unpaired) electrons. The second-order valence-corrected chi connectivity index (χ2v) is 10.3. The number of amides is 1. The molecule has 1 heterocycles. The van der Waals surface area contributed by atoms with Crippen LogP contribution < -0.4 is 14.9 Å². The molecule has 2 N–H and O–H groups in total. The number of nitrogens with one attached hydrogen (secondary N) is 2. The van der Waals surface area contributed by atoms with E-state index in [9.17, 15) is 13.2 Å². The van der Waals surface area contributed by atoms with E-state index >= 15 is 0 Å². The van der Waals surface area contributed by atoms with Gasteiger partial charge < -0.3 is 10.2 Å². The number of aryl methyl sites for hydroxylation is 2. The molecule has 8 heteroatoms. The number of hydrogen-bond acceptors (Lipinski definition) is 4. The molecule has 6 nitrogen and oxygen atoms in total. The van der Waals surface area contributed by atoms with Crippen molar-refractivity contribution in [3.63, 3.8) is 0 Å². The van der Waals surface area contributed by atoms with Crippen LogP contribution in [0.15, 0.2) is 65.6 Å². The van der Waals surface area contributed by atoms with Gasteiger partial charge in [-0.1, -0.05) is 17.7 Å². The van der Waals surface area contributed by atoms with E-state index in [-0.39, 0.29) is 15.5 Å². The fourth-order valence-corrected chi connectivity index (χ4v) is 5.38. The number of rotatable bonds is 6. The van der Waals surface area contributed by atoms with Gasteiger partial charge in [0.05, 0.1) is 5.02 Å². The van der Waals surface area contributed by atoms with Gasteiger partial charge in [-0.05, 0) is 92.4 Å². The lowest BCUT2D eigenvalue weighted by Gasteiger charge is -2.18. The van der Waals surface area contributed by atoms with Gasteiger partial charge >= 0.3 is 0 Å². The van der Waals surface area contributed by atoms with Crippen molar-refractivity contribution in [1.29, 1.82) is 0 Å². The quantitative estimate of drug-likeness (QED) is 0.477. The molecule has 3 aromatic rings. The summed E-state index contributed by atoms with van der Waals surface area (Å²) >= 11 is 6.19. The molecule has 172 valence electrons. The van der Waals surface area contributed by atoms with Crippen molar-refractivity contribution in [2.45, 2.75) is 31.6 Å². The Morgan fingerprint density at radius 1 is 0.879 bits per heavy atom. The van der Waals surface area contributed by atoms with E-state index < -0.39 is 15.9 Å². The second-order valence-electron chi connectivity index (χ2n) is 8.24. The first-order chi connectivity index (χ1) is 15.7. The highest BCUT2D eigenvalue weighted by atomic mass is 35.5. The summed E-state index contributed by atoms with van der Waals surface area (Å²) in [6.07, 6.45) is 2.39. The van der Waals surface area contributed by atoms with E-state index in [2.05, 4.69) is 14.9 Å². The zero-order chi connectivity index (χ0) is 23.6. The van der Waals surface area contributed by atoms with E-state index in [0.717, 1.165) is 29.9 Å². The van der Waals surface area contributed by atoms with Gasteiger partial charge in [-0.2, -0.15) is 0 Å². The van der Waals surface area contributed by atoms with Crippen molar-refractivity contribution in [2.75, 3.05) is 28.0 Å². The van der Waals surface area contributed by atoms with Gasteiger partial charge in [-0.25, -0.2) is 8.42 Å². The Bertz CT molecular complexity index is 1280. The van der Waals surface area contributed by atoms with Crippen molar-refractivity contribution >= 4 is 44.6 Å². The predicted molar refractivity (Wildman–Crippen MR) is 134 cm³/mol. The first-order valence-corrected chi connectivity index (χ1v) is 12.6. The third-order valence-electron chi connectivity index (χ3n) is 5.84. The lowest BCUT2D eigenvalue weighted by molar-refractivity contribution is 0.102. The minimum Gasteiger partial charge on any atom is -0.372 e. The van der Waals surface area contributed by atoms with Gasteiger partial charge in [0.25, 0.3) is 15.9 Å². The fraction of sp³-hybridized carbons (Fsp3) is 0.240. The van der Waals surface area contributed by atoms with Crippen LogP contribution in [0.3, 0.4) is 0 Å². The molecule has 1 fully saturated rings. The van der Waals surface area contributed by atoms with Crippen molar-refractivity contribution in [3.8, 4) is 0 Å². The van der Waals surface area contributed by atoms with Gasteiger partial charge in [-0.3, -0.25) is 9.52 Å². The van der Waals surface area contributed by atoms with Crippen molar-refractivity contribution in [3.05, 3.63) is 82.4 Å². The molecule has 4 rings (SSSR count). The summed E-state index contributed by atoms with van der Waals surface area (Å²) < 4.78 is 28.5. The summed E-state index contributed by atoms with van der Waals surface area (Å²) in [5.74, 6) is -0.414. The Labute approximate surface area is 199 Å². The molecule has 1 amide bonds. The highest BCUT2D eigenvalue weighted by molar-refractivity contribution is 7.92. The number of hydrogen-bond donors (Lipinski definition) is 2. The smallest absolute Gasteiger partial charge is 0.263 e. The number of halogens is 1. The first-order valence-electron chi connectivity index (χ1n) is 10.8. The summed E-state index contributed by atoms with van der Waals surface area (Å²) in [5, 5.41) is 2.86. The van der Waals surface area contributed by atoms with E-state index in [1.807, 2.05) is 44.2 Å². The number of carbonyl (C=O) groups excluding carboxylic acids is 1. The summed E-state index contributed by atoms with van der Waals surface area (Å²) in [4.78, 5) is 15.0. The third-order valence-corrected chi connectivity index (χ3v) is 7.70. The van der Waals surface area contributed by atoms with E-state index in [1.54, 1.807) is 12.1 Å². The summed E-state index contributed by atoms with van der Waals surface area (Å²) in [6.45, 7) is 5.95. The van der Waals surface area contributed by atoms with Crippen LogP contribution in [0.1, 0.15) is 34.3 Å². The van der Waals surface area contributed by atoms with Crippen molar-refractivity contribution in [2.24, 2.45) is 0 Å². The molecule has 0 atom stereocenters. The summed E-state index contributed by atoms with van der Waals surface area (Å²) in [7, 11) is -3.99. The highest BCUT2D eigenvalue weighted by Gasteiger charge is 2.21. The molecule has 1 aliphatic heterocycles. The molecule has 3 aromatic carbocycles. The van der Waals surface area contributed by atoms with Crippen LogP contribution in [0, 0.1) is 13.8 Å². The number of nitrogens with zero attached hydrogens (tertiary/aromatic N) is 1. The largest absolute Gasteiger partial charge is 0.372 e. The molecular weight excluding hydrogens is 458 g/mol. The Balaban J connectivity index is 1.52. The van der Waals surface area contributed by atoms with Crippen LogP contribution in [0.4, 0.5) is 17.1 Å². The Kier molecular flexibility index (Phi) is 6.63. The standard InChI is InChI=1S/C25H26ClN3O3S/c1-17-5-7-21(15-18(17)2)28-33(31,32)24-16-19(6-12-23(24)26)25(30)27-20-8-10-22(11-9-20)29-13-3-4-14-29/h5-12,15-16,28H,3-4,13-14H2,1-2H3,(H,27,30). The summed E-state index contributed by atoms with van der Waals surface area (Å²) in [6, 6.07) is 17.2. The minimum absolute atomic E-state index is 0.0397. The van der Waals surface area contributed by atoms with E-state index in [4.69, 9.17) is 11.6 Å². The van der Waals surface area contributed by atoms with E-state index in [1.165, 1.54) is 31.0 Å². The van der Waals surface area contributed by atoms with E-state index in [0.29, 0.717) is 11.4 Å². The number of benzene rings is 3. The minimum atomic E-state index is -3.99. The maximum absolute atomic E-state index is 13.0. The monoisotopic (exact) mass is 483 g/mol. The topological polar surface area (TPSA) is 78.5 Å². The van der Waals surface area contributed by atoms with Crippen molar-refractivity contribution in [1.82, 2.24) is 0 Å². The molecule has 1 saturated heterocycles. The van der Waals surface area contributed by atoms with Crippen LogP contribution in [-0.4, -0.2) is 27.4 Å². The third kappa shape index (κ3) is 5.31. The molecular formula is C25H26ClN3O3S. The van der Waals surface area contributed by atoms with Gasteiger partial charge in [-0.15, -0.1) is 0 Å². The van der Waals surface area contributed by atoms with Gasteiger partial charge in [0.1, 0.15) is 4.90 Å². The molecule has 0 aromatic heterocycles. The average molecular weight is 484 g/mol. The van der Waals surface area contributed by atoms with Crippen LogP contribution in [0.2, 0.25) is 5.02 Å². The predicted octanol–water partition coefficient (Wildman–Crippen LogP) is 5.61. The van der Waals surface area contributed by atoms with Crippen LogP contribution in [0.25, 0.3) is 0 Å². The lowest BCUT2D eigenvalue weighted by Crippen LogP contribution is -2.18. The molecule has 0 unspecified atom stereocenters. The zero-order valence-electron chi connectivity index (χ0n) is 18.6. The Hall–Kier alpha value is -3.03. The molecule has 0 saturated carbocycles. The second kappa shape index (κ2) is 9.45. The normalized spacial score (nSPS) is 13.7. The molecule has 0 spiro atoms. The maximum Gasteiger partial charge on any atom is 0.263 e. The fourth-order valence-electron chi connectivity index (χ4n) is 3.80. The molecule has 0 aliphatic carbocycles. The molecule has 0 bridgehead atoms. The van der Waals surface area contributed by atoms with Gasteiger partial charge in [0.2, 0.25) is 0 Å². The Morgan fingerprint density at radius 2 is 1.55 bits per heavy atom. The molecule has 1 aliphatic rings. The van der Waals surface area contributed by atoms with Gasteiger partial charge in [0.15, 0.2) is 0 Å². The van der Waals surface area contributed by atoms with Crippen LogP contribution >= 0.6 is 11.6 Å². The highest BCUT2D eigenvalue weighted by Crippen LogP contribution is 2.27. The zero-order valence-corrected chi connectivity index (χ0v) is 20.1. The lowest BCUT2D eigenvalue weighted by atomic mass is 10.1. The van der Waals surface area contributed by atoms with Crippen molar-refractivity contribution < 1.29 is 13.2 Å². The molecule has 33 heavy (non-hydrogen) atoms. The summed E-state index contributed by atoms with van der Waals surface area (Å²) in [5.41, 5.74) is 4.41. The number of anilines is 3. The number of sulfonamides is 1. The average Bonchev–Trinajstić information content (AvgIpc) is 3.32. The maximum atomic E-state index is 13.0. The first kappa shape index (κ1) is 23.1. The Morgan fingerprint density at radius 3 is 2.21 bits per heavy atom. The SMILES string of the molecule is Cc1ccc(NS(=O)(=O)c2cc(C(=O)Nc3ccc(N4CCCC4)cc3)ccc2Cl)cc1C. The van der Waals surface area contributed by atoms with Gasteiger partial charge in [0, 0.05) is 35.7 Å². The van der Waals surface area contributed by atoms with Crippen LogP contribution in [-0.2, 0) is 10.0 Å². The number of carbonyl (C=O) groups is 1. The van der Waals surface area contributed by atoms with Crippen LogP contribution in [0.5, 0.6) is 0 Å².